The van der Waals surface area contributed by atoms with E-state index in [2.05, 4.69) is 20.9 Å². The van der Waals surface area contributed by atoms with E-state index in [4.69, 9.17) is 27.2 Å². The minimum atomic E-state index is -1.17. The Labute approximate surface area is 122 Å². The number of carboxylic acids is 1. The number of halogens is 2. The summed E-state index contributed by atoms with van der Waals surface area (Å²) in [7, 11) is 0. The highest BCUT2D eigenvalue weighted by Crippen LogP contribution is 2.34. The van der Waals surface area contributed by atoms with Crippen LogP contribution in [-0.2, 0) is 0 Å². The van der Waals surface area contributed by atoms with Crippen LogP contribution in [0.4, 0.5) is 5.82 Å². The number of nitrogen functional groups attached to an aromatic ring is 1. The highest BCUT2D eigenvalue weighted by Gasteiger charge is 2.17. The predicted molar refractivity (Wildman–Crippen MR) is 74.8 cm³/mol. The second kappa shape index (κ2) is 5.46. The lowest BCUT2D eigenvalue weighted by molar-refractivity contribution is 0.0694. The maximum Gasteiger partial charge on any atom is 0.341 e. The van der Waals surface area contributed by atoms with E-state index in [1.54, 1.807) is 12.1 Å². The van der Waals surface area contributed by atoms with Gasteiger partial charge in [-0.1, -0.05) is 17.7 Å². The van der Waals surface area contributed by atoms with E-state index in [0.717, 1.165) is 0 Å². The molecule has 5 nitrogen and oxygen atoms in total. The van der Waals surface area contributed by atoms with Gasteiger partial charge in [0.05, 0.1) is 15.7 Å². The van der Waals surface area contributed by atoms with E-state index in [0.29, 0.717) is 16.0 Å². The molecular weight excluding hydrogens is 336 g/mol. The van der Waals surface area contributed by atoms with Gasteiger partial charge in [-0.3, -0.25) is 0 Å². The Morgan fingerprint density at radius 3 is 2.79 bits per heavy atom. The minimum absolute atomic E-state index is 0.101. The molecule has 19 heavy (non-hydrogen) atoms. The maximum absolute atomic E-state index is 11.2. The third-order valence-electron chi connectivity index (χ3n) is 2.25. The smallest absolute Gasteiger partial charge is 0.341 e. The summed E-state index contributed by atoms with van der Waals surface area (Å²) in [5.41, 5.74) is 5.41. The van der Waals surface area contributed by atoms with Crippen molar-refractivity contribution in [3.05, 3.63) is 45.5 Å². The van der Waals surface area contributed by atoms with E-state index >= 15 is 0 Å². The van der Waals surface area contributed by atoms with Crippen molar-refractivity contribution in [2.45, 2.75) is 0 Å². The number of nitrogens with zero attached hydrogens (tertiary/aromatic N) is 1. The van der Waals surface area contributed by atoms with Gasteiger partial charge in [0.1, 0.15) is 17.1 Å². The predicted octanol–water partition coefficient (Wildman–Crippen LogP) is 3.57. The summed E-state index contributed by atoms with van der Waals surface area (Å²) in [6.45, 7) is 0. The molecule has 98 valence electrons. The molecule has 0 unspecified atom stereocenters. The molecule has 0 aliphatic rings. The Morgan fingerprint density at radius 1 is 1.42 bits per heavy atom. The van der Waals surface area contributed by atoms with Crippen LogP contribution in [0.3, 0.4) is 0 Å². The number of hydrogen-bond donors (Lipinski definition) is 2. The number of carbonyl (C=O) groups is 1. The van der Waals surface area contributed by atoms with Crippen molar-refractivity contribution in [3.8, 4) is 11.5 Å². The van der Waals surface area contributed by atoms with Gasteiger partial charge in [0.2, 0.25) is 0 Å². The average molecular weight is 344 g/mol. The molecule has 0 radical (unpaired) electrons. The second-order valence-corrected chi connectivity index (χ2v) is 4.82. The lowest BCUT2D eigenvalue weighted by Gasteiger charge is -2.11. The van der Waals surface area contributed by atoms with Crippen LogP contribution in [0, 0.1) is 0 Å². The summed E-state index contributed by atoms with van der Waals surface area (Å²) in [6.07, 6.45) is 1.39. The standard InChI is InChI=1S/C12H8BrClN2O3/c13-6-4-10(15)16-5-9(6)19-8-3-1-2-7(14)11(8)12(17)18/h1-5H,(H2,15,16)(H,17,18). The van der Waals surface area contributed by atoms with Crippen molar-refractivity contribution < 1.29 is 14.6 Å². The summed E-state index contributed by atoms with van der Waals surface area (Å²) in [6, 6.07) is 6.15. The number of aromatic nitrogens is 1. The van der Waals surface area contributed by atoms with Crippen LogP contribution in [0.25, 0.3) is 0 Å². The van der Waals surface area contributed by atoms with Crippen LogP contribution >= 0.6 is 27.5 Å². The van der Waals surface area contributed by atoms with E-state index < -0.39 is 5.97 Å². The Balaban J connectivity index is 2.44. The monoisotopic (exact) mass is 342 g/mol. The Bertz CT molecular complexity index is 649. The second-order valence-electron chi connectivity index (χ2n) is 3.56. The molecule has 0 fully saturated rings. The van der Waals surface area contributed by atoms with Crippen molar-refractivity contribution in [2.24, 2.45) is 0 Å². The molecule has 1 heterocycles. The fraction of sp³-hybridized carbons (Fsp3) is 0. The molecule has 0 spiro atoms. The van der Waals surface area contributed by atoms with Gasteiger partial charge in [-0.25, -0.2) is 9.78 Å². The van der Waals surface area contributed by atoms with E-state index in [9.17, 15) is 4.79 Å². The van der Waals surface area contributed by atoms with Crippen molar-refractivity contribution in [1.82, 2.24) is 4.98 Å². The molecule has 2 rings (SSSR count). The third kappa shape index (κ3) is 2.97. The summed E-state index contributed by atoms with van der Waals surface area (Å²) in [5, 5.41) is 9.23. The average Bonchev–Trinajstić information content (AvgIpc) is 2.32. The number of rotatable bonds is 3. The largest absolute Gasteiger partial charge is 0.478 e. The van der Waals surface area contributed by atoms with Gasteiger partial charge >= 0.3 is 5.97 Å². The lowest BCUT2D eigenvalue weighted by Crippen LogP contribution is -2.01. The molecule has 3 N–H and O–H groups in total. The molecule has 0 saturated carbocycles. The zero-order chi connectivity index (χ0) is 14.0. The fourth-order valence-corrected chi connectivity index (χ4v) is 2.09. The molecule has 0 saturated heterocycles. The molecular formula is C12H8BrClN2O3. The topological polar surface area (TPSA) is 85.4 Å². The van der Waals surface area contributed by atoms with Gasteiger partial charge < -0.3 is 15.6 Å². The van der Waals surface area contributed by atoms with Crippen LogP contribution in [0.15, 0.2) is 34.9 Å². The number of anilines is 1. The van der Waals surface area contributed by atoms with Crippen LogP contribution < -0.4 is 10.5 Å². The first-order valence-electron chi connectivity index (χ1n) is 5.09. The van der Waals surface area contributed by atoms with Gasteiger partial charge in [0.15, 0.2) is 5.75 Å². The van der Waals surface area contributed by atoms with Crippen LogP contribution in [0.1, 0.15) is 10.4 Å². The van der Waals surface area contributed by atoms with E-state index in [-0.39, 0.29) is 16.3 Å². The Kier molecular flexibility index (Phi) is 3.92. The van der Waals surface area contributed by atoms with Crippen molar-refractivity contribution in [3.63, 3.8) is 0 Å². The number of benzene rings is 1. The van der Waals surface area contributed by atoms with Crippen LogP contribution in [0.5, 0.6) is 11.5 Å². The molecule has 1 aromatic heterocycles. The van der Waals surface area contributed by atoms with Gasteiger partial charge in [0, 0.05) is 0 Å². The minimum Gasteiger partial charge on any atom is -0.478 e. The number of nitrogens with two attached hydrogens (primary N) is 1. The van der Waals surface area contributed by atoms with E-state index in [1.165, 1.54) is 18.3 Å². The third-order valence-corrected chi connectivity index (χ3v) is 3.18. The Hall–Kier alpha value is -1.79. The van der Waals surface area contributed by atoms with Crippen LogP contribution in [-0.4, -0.2) is 16.1 Å². The number of aromatic carboxylic acids is 1. The molecule has 1 aromatic carbocycles. The molecule has 0 aliphatic carbocycles. The Morgan fingerprint density at radius 2 is 2.16 bits per heavy atom. The van der Waals surface area contributed by atoms with Gasteiger partial charge in [-0.15, -0.1) is 0 Å². The first kappa shape index (κ1) is 13.6. The molecule has 0 amide bonds. The highest BCUT2D eigenvalue weighted by molar-refractivity contribution is 9.10. The zero-order valence-corrected chi connectivity index (χ0v) is 11.8. The quantitative estimate of drug-likeness (QED) is 0.890. The van der Waals surface area contributed by atoms with Crippen molar-refractivity contribution in [1.29, 1.82) is 0 Å². The summed E-state index contributed by atoms with van der Waals surface area (Å²) < 4.78 is 6.07. The highest BCUT2D eigenvalue weighted by atomic mass is 79.9. The fourth-order valence-electron chi connectivity index (χ4n) is 1.42. The SMILES string of the molecule is Nc1cc(Br)c(Oc2cccc(Cl)c2C(=O)O)cn1. The normalized spacial score (nSPS) is 10.2. The maximum atomic E-state index is 11.2. The summed E-state index contributed by atoms with van der Waals surface area (Å²) in [5.74, 6) is -0.366. The van der Waals surface area contributed by atoms with Crippen molar-refractivity contribution >= 4 is 39.3 Å². The van der Waals surface area contributed by atoms with E-state index in [1.807, 2.05) is 0 Å². The van der Waals surface area contributed by atoms with Gasteiger partial charge in [-0.05, 0) is 34.1 Å². The van der Waals surface area contributed by atoms with Gasteiger partial charge in [0.25, 0.3) is 0 Å². The van der Waals surface area contributed by atoms with Crippen LogP contribution in [0.2, 0.25) is 5.02 Å². The first-order valence-corrected chi connectivity index (χ1v) is 6.27. The first-order chi connectivity index (χ1) is 8.99. The molecule has 0 atom stereocenters. The summed E-state index contributed by atoms with van der Waals surface area (Å²) in [4.78, 5) is 15.0. The number of ether oxygens (including phenoxy) is 1. The molecule has 0 aliphatic heterocycles. The molecule has 7 heteroatoms. The number of hydrogen-bond acceptors (Lipinski definition) is 4. The summed E-state index contributed by atoms with van der Waals surface area (Å²) >= 11 is 9.11. The number of carboxylic acid groups (broad SMARTS) is 1. The zero-order valence-electron chi connectivity index (χ0n) is 9.43. The number of pyridine rings is 1. The molecule has 2 aromatic rings. The van der Waals surface area contributed by atoms with Gasteiger partial charge in [-0.2, -0.15) is 0 Å². The lowest BCUT2D eigenvalue weighted by atomic mass is 10.2. The molecule has 0 bridgehead atoms. The van der Waals surface area contributed by atoms with Crippen molar-refractivity contribution in [2.75, 3.05) is 5.73 Å².